The third kappa shape index (κ3) is 2.15. The zero-order chi connectivity index (χ0) is 10.0. The number of pyridine rings is 1. The Balaban J connectivity index is 3.35. The molecule has 13 heavy (non-hydrogen) atoms. The lowest BCUT2D eigenvalue weighted by Crippen LogP contribution is -2.05. The number of nitrogens with two attached hydrogens (primary N) is 1. The topological polar surface area (TPSA) is 38.9 Å². The Morgan fingerprint density at radius 3 is 2.62 bits per heavy atom. The average molecular weight is 271 g/mol. The highest BCUT2D eigenvalue weighted by molar-refractivity contribution is 9.10. The summed E-state index contributed by atoms with van der Waals surface area (Å²) in [6, 6.07) is 0. The summed E-state index contributed by atoms with van der Waals surface area (Å²) in [5.74, 6) is 0. The average Bonchev–Trinajstić information content (AvgIpc) is 2.07. The minimum Gasteiger partial charge on any atom is -0.326 e. The van der Waals surface area contributed by atoms with E-state index >= 15 is 0 Å². The Kier molecular flexibility index (Phi) is 3.58. The zero-order valence-electron chi connectivity index (χ0n) is 6.40. The SMILES string of the molecule is NCc1c(Br)cnc(Cl)c1C(F)F. The number of hydrogen-bond acceptors (Lipinski definition) is 2. The Bertz CT molecular complexity index is 320. The molecule has 0 unspecified atom stereocenters. The fraction of sp³-hybridized carbons (Fsp3) is 0.286. The predicted molar refractivity (Wildman–Crippen MR) is 49.8 cm³/mol. The maximum atomic E-state index is 12.5. The lowest BCUT2D eigenvalue weighted by molar-refractivity contribution is 0.150. The highest BCUT2D eigenvalue weighted by Gasteiger charge is 2.19. The van der Waals surface area contributed by atoms with E-state index < -0.39 is 6.43 Å². The molecule has 1 aromatic rings. The first-order valence-electron chi connectivity index (χ1n) is 3.39. The maximum Gasteiger partial charge on any atom is 0.267 e. The summed E-state index contributed by atoms with van der Waals surface area (Å²) in [6.45, 7) is 0.00248. The molecule has 0 saturated carbocycles. The summed E-state index contributed by atoms with van der Waals surface area (Å²) in [5, 5.41) is -0.196. The molecular weight excluding hydrogens is 265 g/mol. The molecule has 2 nitrogen and oxygen atoms in total. The van der Waals surface area contributed by atoms with E-state index in [0.717, 1.165) is 0 Å². The van der Waals surface area contributed by atoms with Gasteiger partial charge in [0.2, 0.25) is 0 Å². The second kappa shape index (κ2) is 4.30. The smallest absolute Gasteiger partial charge is 0.267 e. The second-order valence-electron chi connectivity index (χ2n) is 2.29. The maximum absolute atomic E-state index is 12.5. The molecule has 1 heterocycles. The molecule has 1 aromatic heterocycles. The number of hydrogen-bond donors (Lipinski definition) is 1. The standard InChI is InChI=1S/C7H6BrClF2N2/c8-4-2-13-6(9)5(7(10)11)3(4)1-12/h2,7H,1,12H2. The summed E-state index contributed by atoms with van der Waals surface area (Å²) in [6.07, 6.45) is -1.30. The van der Waals surface area contributed by atoms with Gasteiger partial charge >= 0.3 is 0 Å². The van der Waals surface area contributed by atoms with Crippen molar-refractivity contribution in [2.24, 2.45) is 5.73 Å². The number of aromatic nitrogens is 1. The number of alkyl halides is 2. The van der Waals surface area contributed by atoms with E-state index in [9.17, 15) is 8.78 Å². The van der Waals surface area contributed by atoms with Gasteiger partial charge in [-0.3, -0.25) is 0 Å². The van der Waals surface area contributed by atoms with Crippen molar-refractivity contribution >= 4 is 27.5 Å². The third-order valence-electron chi connectivity index (χ3n) is 1.55. The van der Waals surface area contributed by atoms with E-state index in [-0.39, 0.29) is 17.3 Å². The van der Waals surface area contributed by atoms with Crippen molar-refractivity contribution in [2.75, 3.05) is 0 Å². The van der Waals surface area contributed by atoms with Crippen molar-refractivity contribution < 1.29 is 8.78 Å². The van der Waals surface area contributed by atoms with Crippen molar-refractivity contribution in [1.82, 2.24) is 4.98 Å². The molecule has 0 radical (unpaired) electrons. The Morgan fingerprint density at radius 2 is 2.23 bits per heavy atom. The highest BCUT2D eigenvalue weighted by Crippen LogP contribution is 2.32. The van der Waals surface area contributed by atoms with Gasteiger partial charge in [-0.1, -0.05) is 11.6 Å². The number of halogens is 4. The van der Waals surface area contributed by atoms with Crippen molar-refractivity contribution in [3.8, 4) is 0 Å². The Labute approximate surface area is 87.2 Å². The fourth-order valence-electron chi connectivity index (χ4n) is 0.943. The second-order valence-corrected chi connectivity index (χ2v) is 3.51. The van der Waals surface area contributed by atoms with Crippen LogP contribution in [0.5, 0.6) is 0 Å². The van der Waals surface area contributed by atoms with Crippen LogP contribution >= 0.6 is 27.5 Å². The van der Waals surface area contributed by atoms with Gasteiger partial charge in [-0.25, -0.2) is 13.8 Å². The fourth-order valence-corrected chi connectivity index (χ4v) is 1.67. The van der Waals surface area contributed by atoms with Crippen LogP contribution in [0.1, 0.15) is 17.6 Å². The normalized spacial score (nSPS) is 10.9. The molecule has 0 saturated heterocycles. The summed E-state index contributed by atoms with van der Waals surface area (Å²) < 4.78 is 25.4. The number of nitrogens with zero attached hydrogens (tertiary/aromatic N) is 1. The van der Waals surface area contributed by atoms with Crippen LogP contribution in [0.15, 0.2) is 10.7 Å². The van der Waals surface area contributed by atoms with E-state index in [1.807, 2.05) is 0 Å². The lowest BCUT2D eigenvalue weighted by atomic mass is 10.1. The predicted octanol–water partition coefficient (Wildman–Crippen LogP) is 2.89. The van der Waals surface area contributed by atoms with Crippen LogP contribution in [-0.4, -0.2) is 4.98 Å². The van der Waals surface area contributed by atoms with Gasteiger partial charge in [0.15, 0.2) is 0 Å². The lowest BCUT2D eigenvalue weighted by Gasteiger charge is -2.09. The minimum atomic E-state index is -2.66. The van der Waals surface area contributed by atoms with Gasteiger partial charge in [0.25, 0.3) is 6.43 Å². The van der Waals surface area contributed by atoms with Gasteiger partial charge in [0.1, 0.15) is 5.15 Å². The van der Waals surface area contributed by atoms with Gasteiger partial charge in [-0.15, -0.1) is 0 Å². The largest absolute Gasteiger partial charge is 0.326 e. The van der Waals surface area contributed by atoms with Gasteiger partial charge in [-0.05, 0) is 21.5 Å². The molecule has 0 aromatic carbocycles. The summed E-state index contributed by atoms with van der Waals surface area (Å²) in [5.41, 5.74) is 5.32. The molecule has 2 N–H and O–H groups in total. The minimum absolute atomic E-state index is 0.00248. The molecule has 0 amide bonds. The quantitative estimate of drug-likeness (QED) is 0.840. The van der Waals surface area contributed by atoms with Crippen LogP contribution in [0.2, 0.25) is 5.15 Å². The van der Waals surface area contributed by atoms with Crippen LogP contribution < -0.4 is 5.73 Å². The van der Waals surface area contributed by atoms with E-state index in [1.54, 1.807) is 0 Å². The first-order chi connectivity index (χ1) is 6.07. The zero-order valence-corrected chi connectivity index (χ0v) is 8.74. The van der Waals surface area contributed by atoms with Crippen LogP contribution in [-0.2, 0) is 6.54 Å². The van der Waals surface area contributed by atoms with Crippen molar-refractivity contribution in [1.29, 1.82) is 0 Å². The molecule has 0 bridgehead atoms. The summed E-state index contributed by atoms with van der Waals surface area (Å²) >= 11 is 8.58. The molecule has 0 aliphatic heterocycles. The molecule has 72 valence electrons. The molecule has 0 fully saturated rings. The molecular formula is C7H6BrClF2N2. The molecule has 0 atom stereocenters. The molecule has 0 aliphatic carbocycles. The molecule has 0 spiro atoms. The van der Waals surface area contributed by atoms with Crippen molar-refractivity contribution in [3.63, 3.8) is 0 Å². The van der Waals surface area contributed by atoms with Gasteiger partial charge < -0.3 is 5.73 Å². The molecule has 0 aliphatic rings. The van der Waals surface area contributed by atoms with E-state index in [4.69, 9.17) is 17.3 Å². The van der Waals surface area contributed by atoms with Crippen LogP contribution in [0.25, 0.3) is 0 Å². The summed E-state index contributed by atoms with van der Waals surface area (Å²) in [7, 11) is 0. The molecule has 6 heteroatoms. The van der Waals surface area contributed by atoms with Gasteiger partial charge in [-0.2, -0.15) is 0 Å². The monoisotopic (exact) mass is 270 g/mol. The Morgan fingerprint density at radius 1 is 1.62 bits per heavy atom. The van der Waals surface area contributed by atoms with E-state index in [0.29, 0.717) is 10.0 Å². The van der Waals surface area contributed by atoms with Crippen LogP contribution in [0, 0.1) is 0 Å². The van der Waals surface area contributed by atoms with Gasteiger partial charge in [0, 0.05) is 17.2 Å². The van der Waals surface area contributed by atoms with Crippen molar-refractivity contribution in [2.45, 2.75) is 13.0 Å². The van der Waals surface area contributed by atoms with Crippen LogP contribution in [0.3, 0.4) is 0 Å². The van der Waals surface area contributed by atoms with Crippen LogP contribution in [0.4, 0.5) is 8.78 Å². The summed E-state index contributed by atoms with van der Waals surface area (Å²) in [4.78, 5) is 3.59. The van der Waals surface area contributed by atoms with E-state index in [1.165, 1.54) is 6.20 Å². The highest BCUT2D eigenvalue weighted by atomic mass is 79.9. The molecule has 1 rings (SSSR count). The first-order valence-corrected chi connectivity index (χ1v) is 4.56. The van der Waals surface area contributed by atoms with E-state index in [2.05, 4.69) is 20.9 Å². The Hall–Kier alpha value is -0.260. The third-order valence-corrected chi connectivity index (χ3v) is 2.53. The van der Waals surface area contributed by atoms with Crippen molar-refractivity contribution in [3.05, 3.63) is 26.9 Å². The first kappa shape index (κ1) is 10.8. The number of rotatable bonds is 2. The van der Waals surface area contributed by atoms with Gasteiger partial charge in [0.05, 0.1) is 5.56 Å².